The van der Waals surface area contributed by atoms with Crippen LogP contribution >= 0.6 is 11.3 Å². The first-order valence-corrected chi connectivity index (χ1v) is 8.70. The molecule has 3 rings (SSSR count). The lowest BCUT2D eigenvalue weighted by atomic mass is 10.2. The fourth-order valence-electron chi connectivity index (χ4n) is 2.56. The average molecular weight is 343 g/mol. The molecule has 7 heteroatoms. The van der Waals surface area contributed by atoms with E-state index < -0.39 is 0 Å². The molecule has 2 heterocycles. The largest absolute Gasteiger partial charge is 0.328 e. The normalized spacial score (nSPS) is 11.0. The van der Waals surface area contributed by atoms with Crippen molar-refractivity contribution >= 4 is 33.3 Å². The second kappa shape index (κ2) is 7.00. The van der Waals surface area contributed by atoms with E-state index in [9.17, 15) is 4.79 Å². The second-order valence-corrected chi connectivity index (χ2v) is 7.13. The van der Waals surface area contributed by atoms with Gasteiger partial charge in [-0.2, -0.15) is 5.10 Å². The van der Waals surface area contributed by atoms with Crippen LogP contribution in [-0.2, 0) is 13.5 Å². The Morgan fingerprint density at radius 2 is 2.25 bits per heavy atom. The summed E-state index contributed by atoms with van der Waals surface area (Å²) in [5.41, 5.74) is 2.97. The van der Waals surface area contributed by atoms with Crippen LogP contribution in [0, 0.1) is 6.92 Å². The molecule has 0 bridgehead atoms. The lowest BCUT2D eigenvalue weighted by Crippen LogP contribution is -2.32. The summed E-state index contributed by atoms with van der Waals surface area (Å²) in [6.07, 6.45) is 5.69. The highest BCUT2D eigenvalue weighted by Crippen LogP contribution is 2.24. The Balaban J connectivity index is 1.52. The van der Waals surface area contributed by atoms with E-state index in [-0.39, 0.29) is 6.03 Å². The summed E-state index contributed by atoms with van der Waals surface area (Å²) in [6.45, 7) is 2.68. The number of rotatable bonds is 5. The minimum absolute atomic E-state index is 0.0956. The van der Waals surface area contributed by atoms with Gasteiger partial charge in [0.15, 0.2) is 0 Å². The van der Waals surface area contributed by atoms with Gasteiger partial charge in [0.2, 0.25) is 0 Å². The molecule has 0 saturated heterocycles. The van der Waals surface area contributed by atoms with Crippen LogP contribution in [0.25, 0.3) is 10.2 Å². The maximum Gasteiger partial charge on any atom is 0.321 e. The third-order valence-corrected chi connectivity index (χ3v) is 4.74. The van der Waals surface area contributed by atoms with Crippen molar-refractivity contribution in [2.24, 2.45) is 7.05 Å². The molecule has 2 amide bonds. The molecule has 1 N–H and O–H groups in total. The number of hydrogen-bond donors (Lipinski definition) is 1. The fourth-order valence-corrected chi connectivity index (χ4v) is 3.43. The number of benzene rings is 1. The summed E-state index contributed by atoms with van der Waals surface area (Å²) in [4.78, 5) is 18.4. The molecule has 0 radical (unpaired) electrons. The van der Waals surface area contributed by atoms with Crippen LogP contribution in [0.4, 0.5) is 10.5 Å². The number of anilines is 1. The molecular weight excluding hydrogens is 322 g/mol. The second-order valence-electron chi connectivity index (χ2n) is 5.89. The van der Waals surface area contributed by atoms with Gasteiger partial charge in [0.1, 0.15) is 0 Å². The summed E-state index contributed by atoms with van der Waals surface area (Å²) in [6, 6.07) is 5.71. The molecule has 0 spiro atoms. The van der Waals surface area contributed by atoms with Crippen molar-refractivity contribution < 1.29 is 4.79 Å². The van der Waals surface area contributed by atoms with Gasteiger partial charge in [-0.3, -0.25) is 4.68 Å². The van der Waals surface area contributed by atoms with Crippen molar-refractivity contribution in [2.45, 2.75) is 19.8 Å². The van der Waals surface area contributed by atoms with Crippen molar-refractivity contribution in [2.75, 3.05) is 18.9 Å². The Kier molecular flexibility index (Phi) is 4.80. The number of fused-ring (bicyclic) bond motifs is 1. The third kappa shape index (κ3) is 3.91. The SMILES string of the molecule is Cc1nc2ccc(NC(=O)N(C)CCCc3cnn(C)c3)cc2s1. The van der Waals surface area contributed by atoms with Crippen molar-refractivity contribution in [1.29, 1.82) is 0 Å². The Bertz CT molecular complexity index is 854. The number of thiazole rings is 1. The predicted octanol–water partition coefficient (Wildman–Crippen LogP) is 3.43. The highest BCUT2D eigenvalue weighted by Gasteiger charge is 2.10. The van der Waals surface area contributed by atoms with E-state index in [1.54, 1.807) is 20.9 Å². The number of urea groups is 1. The molecule has 126 valence electrons. The van der Waals surface area contributed by atoms with Crippen LogP contribution in [0.15, 0.2) is 30.6 Å². The average Bonchev–Trinajstić information content (AvgIpc) is 3.11. The van der Waals surface area contributed by atoms with Crippen molar-refractivity contribution in [3.8, 4) is 0 Å². The Morgan fingerprint density at radius 1 is 1.42 bits per heavy atom. The number of hydrogen-bond acceptors (Lipinski definition) is 4. The van der Waals surface area contributed by atoms with Gasteiger partial charge in [-0.25, -0.2) is 9.78 Å². The molecule has 0 atom stereocenters. The van der Waals surface area contributed by atoms with Crippen LogP contribution in [0.2, 0.25) is 0 Å². The van der Waals surface area contributed by atoms with Gasteiger partial charge < -0.3 is 10.2 Å². The molecule has 0 aliphatic carbocycles. The summed E-state index contributed by atoms with van der Waals surface area (Å²) in [7, 11) is 3.72. The van der Waals surface area contributed by atoms with Crippen LogP contribution < -0.4 is 5.32 Å². The standard InChI is InChI=1S/C17H21N5OS/c1-12-19-15-7-6-14(9-16(15)24-12)20-17(23)21(2)8-4-5-13-10-18-22(3)11-13/h6-7,9-11H,4-5,8H2,1-3H3,(H,20,23). The number of carbonyl (C=O) groups excluding carboxylic acids is 1. The number of carbonyl (C=O) groups is 1. The van der Waals surface area contributed by atoms with Crippen LogP contribution in [-0.4, -0.2) is 39.3 Å². The van der Waals surface area contributed by atoms with E-state index in [1.165, 1.54) is 5.56 Å². The lowest BCUT2D eigenvalue weighted by molar-refractivity contribution is 0.222. The van der Waals surface area contributed by atoms with E-state index in [4.69, 9.17) is 0 Å². The molecule has 1 aromatic carbocycles. The summed E-state index contributed by atoms with van der Waals surface area (Å²) in [5, 5.41) is 8.13. The molecule has 0 aliphatic heterocycles. The minimum Gasteiger partial charge on any atom is -0.328 e. The van der Waals surface area contributed by atoms with Gasteiger partial charge in [0, 0.05) is 32.5 Å². The molecule has 0 saturated carbocycles. The minimum atomic E-state index is -0.0956. The van der Waals surface area contributed by atoms with Crippen LogP contribution in [0.3, 0.4) is 0 Å². The van der Waals surface area contributed by atoms with E-state index in [1.807, 2.05) is 51.6 Å². The maximum absolute atomic E-state index is 12.3. The van der Waals surface area contributed by atoms with E-state index in [0.29, 0.717) is 6.54 Å². The van der Waals surface area contributed by atoms with E-state index in [2.05, 4.69) is 15.4 Å². The molecule has 0 unspecified atom stereocenters. The monoisotopic (exact) mass is 343 g/mol. The molecule has 0 fully saturated rings. The van der Waals surface area contributed by atoms with Crippen molar-refractivity contribution in [3.63, 3.8) is 0 Å². The van der Waals surface area contributed by atoms with Crippen LogP contribution in [0.1, 0.15) is 17.0 Å². The Labute approximate surface area is 145 Å². The first-order chi connectivity index (χ1) is 11.5. The molecule has 0 aliphatic rings. The van der Waals surface area contributed by atoms with Crippen molar-refractivity contribution in [3.05, 3.63) is 41.2 Å². The number of aryl methyl sites for hydroxylation is 3. The summed E-state index contributed by atoms with van der Waals surface area (Å²) >= 11 is 1.63. The van der Waals surface area contributed by atoms with Gasteiger partial charge in [-0.1, -0.05) is 0 Å². The number of amides is 2. The molecule has 2 aromatic heterocycles. The zero-order chi connectivity index (χ0) is 17.1. The molecule has 24 heavy (non-hydrogen) atoms. The topological polar surface area (TPSA) is 63.1 Å². The number of nitrogens with zero attached hydrogens (tertiary/aromatic N) is 4. The van der Waals surface area contributed by atoms with Gasteiger partial charge in [-0.05, 0) is 43.5 Å². The van der Waals surface area contributed by atoms with E-state index >= 15 is 0 Å². The lowest BCUT2D eigenvalue weighted by Gasteiger charge is -2.17. The van der Waals surface area contributed by atoms with Crippen LogP contribution in [0.5, 0.6) is 0 Å². The summed E-state index contributed by atoms with van der Waals surface area (Å²) < 4.78 is 2.88. The van der Waals surface area contributed by atoms with Gasteiger partial charge in [0.25, 0.3) is 0 Å². The number of aromatic nitrogens is 3. The maximum atomic E-state index is 12.3. The Hall–Kier alpha value is -2.41. The first kappa shape index (κ1) is 16.4. The van der Waals surface area contributed by atoms with Gasteiger partial charge >= 0.3 is 6.03 Å². The highest BCUT2D eigenvalue weighted by atomic mass is 32.1. The molecule has 3 aromatic rings. The van der Waals surface area contributed by atoms with Gasteiger partial charge in [-0.15, -0.1) is 11.3 Å². The first-order valence-electron chi connectivity index (χ1n) is 7.88. The van der Waals surface area contributed by atoms with E-state index in [0.717, 1.165) is 33.8 Å². The number of nitrogens with one attached hydrogen (secondary N) is 1. The molecule has 6 nitrogen and oxygen atoms in total. The predicted molar refractivity (Wildman–Crippen MR) is 97.5 cm³/mol. The van der Waals surface area contributed by atoms with Gasteiger partial charge in [0.05, 0.1) is 21.4 Å². The zero-order valence-electron chi connectivity index (χ0n) is 14.1. The Morgan fingerprint density at radius 3 is 3.00 bits per heavy atom. The highest BCUT2D eigenvalue weighted by molar-refractivity contribution is 7.18. The van der Waals surface area contributed by atoms with Crippen molar-refractivity contribution in [1.82, 2.24) is 19.7 Å². The molecular formula is C17H21N5OS. The third-order valence-electron chi connectivity index (χ3n) is 3.81. The zero-order valence-corrected chi connectivity index (χ0v) is 14.9. The quantitative estimate of drug-likeness (QED) is 0.772. The summed E-state index contributed by atoms with van der Waals surface area (Å²) in [5.74, 6) is 0. The smallest absolute Gasteiger partial charge is 0.321 e. The fraction of sp³-hybridized carbons (Fsp3) is 0.353.